The van der Waals surface area contributed by atoms with Gasteiger partial charge in [0.25, 0.3) is 0 Å². The van der Waals surface area contributed by atoms with Gasteiger partial charge < -0.3 is 0 Å². The fourth-order valence-corrected chi connectivity index (χ4v) is 6.33. The predicted octanol–water partition coefficient (Wildman–Crippen LogP) is 11.0. The minimum Gasteiger partial charge on any atom is -0.208 e. The van der Waals surface area contributed by atoms with Crippen LogP contribution in [0.5, 0.6) is 0 Å². The largest absolute Gasteiger partial charge is 0.208 e. The van der Waals surface area contributed by atoms with Gasteiger partial charge in [-0.1, -0.05) is 147 Å². The van der Waals surface area contributed by atoms with Crippen LogP contribution in [0.25, 0.3) is 77.6 Å². The van der Waals surface area contributed by atoms with Gasteiger partial charge in [0, 0.05) is 16.7 Å². The lowest BCUT2D eigenvalue weighted by Gasteiger charge is -2.14. The molecule has 0 aliphatic rings. The molecule has 0 unspecified atom stereocenters. The molecule has 0 amide bonds. The number of hydrogen-bond donors (Lipinski definition) is 0. The van der Waals surface area contributed by atoms with Crippen LogP contribution in [-0.2, 0) is 6.42 Å². The van der Waals surface area contributed by atoms with E-state index >= 15 is 0 Å². The van der Waals surface area contributed by atoms with E-state index in [0.717, 1.165) is 29.5 Å². The van der Waals surface area contributed by atoms with Gasteiger partial charge in [-0.15, -0.1) is 0 Å². The second-order valence-electron chi connectivity index (χ2n) is 11.6. The number of benzene rings is 7. The van der Waals surface area contributed by atoms with E-state index in [0.29, 0.717) is 17.5 Å². The molecule has 0 saturated heterocycles. The van der Waals surface area contributed by atoms with Crippen molar-refractivity contribution in [1.29, 1.82) is 0 Å². The predicted molar refractivity (Wildman–Crippen MR) is 188 cm³/mol. The highest BCUT2D eigenvalue weighted by Gasteiger charge is 2.14. The first kappa shape index (κ1) is 26.9. The topological polar surface area (TPSA) is 38.7 Å². The van der Waals surface area contributed by atoms with Gasteiger partial charge >= 0.3 is 0 Å². The van der Waals surface area contributed by atoms with Crippen LogP contribution in [0, 0.1) is 0 Å². The van der Waals surface area contributed by atoms with Crippen LogP contribution < -0.4 is 0 Å². The number of nitrogens with zero attached hydrogens (tertiary/aromatic N) is 3. The van der Waals surface area contributed by atoms with Crippen LogP contribution in [0.4, 0.5) is 0 Å². The zero-order valence-electron chi connectivity index (χ0n) is 25.1. The minimum atomic E-state index is 0.664. The van der Waals surface area contributed by atoms with Gasteiger partial charge in [-0.05, 0) is 67.6 Å². The zero-order valence-corrected chi connectivity index (χ0v) is 25.1. The maximum absolute atomic E-state index is 4.93. The van der Waals surface area contributed by atoms with Gasteiger partial charge in [-0.3, -0.25) is 0 Å². The molecule has 0 bridgehead atoms. The van der Waals surface area contributed by atoms with Gasteiger partial charge in [0.15, 0.2) is 17.5 Å². The summed E-state index contributed by atoms with van der Waals surface area (Å²) in [6.07, 6.45) is 2.14. The van der Waals surface area contributed by atoms with E-state index in [1.54, 1.807) is 0 Å². The van der Waals surface area contributed by atoms with Crippen molar-refractivity contribution in [1.82, 2.24) is 15.0 Å². The highest BCUT2D eigenvalue weighted by Crippen LogP contribution is 2.37. The summed E-state index contributed by atoms with van der Waals surface area (Å²) in [5.74, 6) is 2.00. The number of hydrogen-bond acceptors (Lipinski definition) is 3. The lowest BCUT2D eigenvalue weighted by Crippen LogP contribution is -2.00. The second-order valence-corrected chi connectivity index (χ2v) is 11.6. The third-order valence-corrected chi connectivity index (χ3v) is 8.57. The van der Waals surface area contributed by atoms with Crippen molar-refractivity contribution in [2.45, 2.75) is 19.8 Å². The van der Waals surface area contributed by atoms with Crippen molar-refractivity contribution in [2.75, 3.05) is 0 Å². The van der Waals surface area contributed by atoms with E-state index in [2.05, 4.69) is 91.9 Å². The average Bonchev–Trinajstić information content (AvgIpc) is 3.11. The standard InChI is InChI=1S/C42H31N3/c1-2-11-28-24-37(36-23-22-35-26-33-16-9-10-17-34(33)27-38(35)39(36)25-28)29-18-20-32(21-19-29)42-44-40(30-12-5-3-6-13-30)43-41(45-42)31-14-7-4-8-15-31/h3-10,12-27H,2,11H2,1H3. The second kappa shape index (κ2) is 11.4. The first-order valence-corrected chi connectivity index (χ1v) is 15.6. The van der Waals surface area contributed by atoms with E-state index in [1.165, 1.54) is 49.0 Å². The van der Waals surface area contributed by atoms with E-state index in [-0.39, 0.29) is 0 Å². The molecule has 3 nitrogen and oxygen atoms in total. The summed E-state index contributed by atoms with van der Waals surface area (Å²) in [5.41, 5.74) is 6.69. The Bertz CT molecular complexity index is 2250. The Morgan fingerprint density at radius 2 is 0.933 bits per heavy atom. The Hall–Kier alpha value is -5.67. The molecule has 0 N–H and O–H groups in total. The Morgan fingerprint density at radius 1 is 0.400 bits per heavy atom. The van der Waals surface area contributed by atoms with Crippen LogP contribution in [0.2, 0.25) is 0 Å². The summed E-state index contributed by atoms with van der Waals surface area (Å²) < 4.78 is 0. The first-order valence-electron chi connectivity index (χ1n) is 15.6. The lowest BCUT2D eigenvalue weighted by molar-refractivity contribution is 0.924. The molecule has 0 aliphatic heterocycles. The van der Waals surface area contributed by atoms with Gasteiger partial charge in [0.2, 0.25) is 0 Å². The van der Waals surface area contributed by atoms with E-state index < -0.39 is 0 Å². The molecule has 0 fully saturated rings. The van der Waals surface area contributed by atoms with Gasteiger partial charge in [0.05, 0.1) is 0 Å². The van der Waals surface area contributed by atoms with Crippen LogP contribution in [0.1, 0.15) is 18.9 Å². The molecule has 0 atom stereocenters. The van der Waals surface area contributed by atoms with Crippen LogP contribution in [-0.4, -0.2) is 15.0 Å². The number of fused-ring (bicyclic) bond motifs is 4. The fourth-order valence-electron chi connectivity index (χ4n) is 6.33. The van der Waals surface area contributed by atoms with Gasteiger partial charge in [0.1, 0.15) is 0 Å². The number of rotatable bonds is 6. The van der Waals surface area contributed by atoms with Crippen LogP contribution >= 0.6 is 0 Å². The summed E-state index contributed by atoms with van der Waals surface area (Å²) in [4.78, 5) is 14.7. The minimum absolute atomic E-state index is 0.664. The van der Waals surface area contributed by atoms with E-state index in [4.69, 9.17) is 15.0 Å². The van der Waals surface area contributed by atoms with Crippen molar-refractivity contribution in [2.24, 2.45) is 0 Å². The Balaban J connectivity index is 1.26. The summed E-state index contributed by atoms with van der Waals surface area (Å²) in [6.45, 7) is 2.25. The maximum atomic E-state index is 4.93. The molecular weight excluding hydrogens is 546 g/mol. The Morgan fingerprint density at radius 3 is 1.53 bits per heavy atom. The summed E-state index contributed by atoms with van der Waals surface area (Å²) in [6, 6.07) is 51.5. The molecular formula is C42H31N3. The Labute approximate surface area is 262 Å². The lowest BCUT2D eigenvalue weighted by atomic mass is 9.90. The molecule has 1 heterocycles. The molecule has 45 heavy (non-hydrogen) atoms. The molecule has 1 aromatic heterocycles. The average molecular weight is 578 g/mol. The molecule has 0 radical (unpaired) electrons. The fraction of sp³-hybridized carbons (Fsp3) is 0.0714. The zero-order chi connectivity index (χ0) is 30.2. The molecule has 0 aliphatic carbocycles. The van der Waals surface area contributed by atoms with Gasteiger partial charge in [-0.2, -0.15) is 0 Å². The van der Waals surface area contributed by atoms with E-state index in [9.17, 15) is 0 Å². The maximum Gasteiger partial charge on any atom is 0.164 e. The third-order valence-electron chi connectivity index (χ3n) is 8.57. The molecule has 0 spiro atoms. The van der Waals surface area contributed by atoms with Crippen molar-refractivity contribution in [3.63, 3.8) is 0 Å². The first-order chi connectivity index (χ1) is 22.2. The third kappa shape index (κ3) is 5.13. The summed E-state index contributed by atoms with van der Waals surface area (Å²) >= 11 is 0. The molecule has 214 valence electrons. The number of aromatic nitrogens is 3. The summed E-state index contributed by atoms with van der Waals surface area (Å²) in [7, 11) is 0. The SMILES string of the molecule is CCCc1cc(-c2ccc(-c3nc(-c4ccccc4)nc(-c4ccccc4)n3)cc2)c2ccc3cc4ccccc4cc3c2c1. The highest BCUT2D eigenvalue weighted by atomic mass is 15.0. The number of aryl methyl sites for hydroxylation is 1. The van der Waals surface area contributed by atoms with Crippen molar-refractivity contribution < 1.29 is 0 Å². The molecule has 8 aromatic rings. The Kier molecular flexibility index (Phi) is 6.84. The smallest absolute Gasteiger partial charge is 0.164 e. The summed E-state index contributed by atoms with van der Waals surface area (Å²) in [5, 5.41) is 7.69. The molecule has 8 rings (SSSR count). The molecule has 7 aromatic carbocycles. The highest BCUT2D eigenvalue weighted by molar-refractivity contribution is 6.15. The van der Waals surface area contributed by atoms with Crippen LogP contribution in [0.15, 0.2) is 146 Å². The quantitative estimate of drug-likeness (QED) is 0.146. The van der Waals surface area contributed by atoms with Crippen molar-refractivity contribution in [3.8, 4) is 45.3 Å². The molecule has 0 saturated carbocycles. The van der Waals surface area contributed by atoms with E-state index in [1.807, 2.05) is 60.7 Å². The van der Waals surface area contributed by atoms with Crippen molar-refractivity contribution in [3.05, 3.63) is 151 Å². The van der Waals surface area contributed by atoms with Gasteiger partial charge in [-0.25, -0.2) is 15.0 Å². The van der Waals surface area contributed by atoms with Crippen LogP contribution in [0.3, 0.4) is 0 Å². The normalized spacial score (nSPS) is 11.4. The monoisotopic (exact) mass is 577 g/mol. The molecule has 3 heteroatoms. The van der Waals surface area contributed by atoms with Crippen molar-refractivity contribution >= 4 is 32.3 Å².